The Morgan fingerprint density at radius 1 is 1.07 bits per heavy atom. The Morgan fingerprint density at radius 3 is 2.57 bits per heavy atom. The fraction of sp³-hybridized carbons (Fsp3) is 0.333. The van der Waals surface area contributed by atoms with Gasteiger partial charge in [-0.3, -0.25) is 0 Å². The molecule has 2 heteroatoms. The van der Waals surface area contributed by atoms with Crippen LogP contribution in [0.2, 0.25) is 0 Å². The van der Waals surface area contributed by atoms with E-state index in [2.05, 4.69) is 48.7 Å². The molecule has 0 nitrogen and oxygen atoms in total. The van der Waals surface area contributed by atoms with Gasteiger partial charge in [0.1, 0.15) is 0 Å². The average Bonchev–Trinajstić information content (AvgIpc) is 2.28. The quantitative estimate of drug-likeness (QED) is 0.719. The fourth-order valence-electron chi connectivity index (χ4n) is 1.06. The van der Waals surface area contributed by atoms with Gasteiger partial charge in [0.15, 0.2) is 0 Å². The van der Waals surface area contributed by atoms with Crippen molar-refractivity contribution in [3.63, 3.8) is 0 Å². The summed E-state index contributed by atoms with van der Waals surface area (Å²) in [6, 6.07) is 12.6. The summed E-state index contributed by atoms with van der Waals surface area (Å²) >= 11 is 1.83. The molecule has 0 aromatic carbocycles. The van der Waals surface area contributed by atoms with Crippen LogP contribution < -0.4 is 0 Å². The van der Waals surface area contributed by atoms with E-state index in [1.165, 1.54) is 24.1 Å². The first-order valence-corrected chi connectivity index (χ1v) is 5.67. The summed E-state index contributed by atoms with van der Waals surface area (Å²) in [5.41, 5.74) is 0. The molecule has 0 aliphatic rings. The van der Waals surface area contributed by atoms with Gasteiger partial charge in [0.2, 0.25) is 0 Å². The minimum atomic E-state index is 0. The zero-order chi connectivity index (χ0) is 9.36. The Balaban J connectivity index is 0.00000169. The molecule has 1 aromatic rings. The van der Waals surface area contributed by atoms with E-state index in [-0.39, 0.29) is 13.5 Å². The van der Waals surface area contributed by atoms with Gasteiger partial charge in [0.25, 0.3) is 0 Å². The van der Waals surface area contributed by atoms with E-state index in [0.29, 0.717) is 0 Å². The molecule has 0 saturated carbocycles. The van der Waals surface area contributed by atoms with Gasteiger partial charge in [-0.25, -0.2) is 0 Å². The third kappa shape index (κ3) is 6.06. The van der Waals surface area contributed by atoms with Crippen LogP contribution in [0.25, 0.3) is 0 Å². The molecule has 78 valence electrons. The minimum Gasteiger partial charge on any atom is -0.197 e. The van der Waals surface area contributed by atoms with Gasteiger partial charge in [-0.05, 0) is 24.3 Å². The normalized spacial score (nSPS) is 8.64. The first-order valence-electron chi connectivity index (χ1n) is 4.79. The Bertz CT molecular complexity index is 253. The van der Waals surface area contributed by atoms with Crippen molar-refractivity contribution in [2.24, 2.45) is 0 Å². The largest absolute Gasteiger partial charge is 0.197 e. The number of rotatable bonds is 3. The number of hydrogen-bond acceptors (Lipinski definition) is 1. The molecular formula is C12H18S2. The van der Waals surface area contributed by atoms with Crippen LogP contribution in [0, 0.1) is 0 Å². The lowest BCUT2D eigenvalue weighted by molar-refractivity contribution is 0.804. The smallest absolute Gasteiger partial charge is 0.00449 e. The van der Waals surface area contributed by atoms with Crippen molar-refractivity contribution in [2.75, 3.05) is 0 Å². The molecular weight excluding hydrogens is 208 g/mol. The van der Waals surface area contributed by atoms with E-state index in [0.717, 1.165) is 0 Å². The standard InChI is InChI=1S/C12H16S.H2S/c1-2-3-9-12-10-7-5-4-6-8-11-13-12;/h4-8,10-11H,2-3,9H2,1H3;1H2. The Labute approximate surface area is 97.8 Å². The van der Waals surface area contributed by atoms with Crippen molar-refractivity contribution in [3.8, 4) is 0 Å². The van der Waals surface area contributed by atoms with E-state index in [1.54, 1.807) is 0 Å². The highest BCUT2D eigenvalue weighted by Gasteiger charge is 1.87. The van der Waals surface area contributed by atoms with E-state index in [4.69, 9.17) is 0 Å². The molecule has 14 heavy (non-hydrogen) atoms. The molecule has 0 radical (unpaired) electrons. The van der Waals surface area contributed by atoms with Crippen molar-refractivity contribution < 1.29 is 0 Å². The lowest BCUT2D eigenvalue weighted by Gasteiger charge is -1.93. The van der Waals surface area contributed by atoms with Gasteiger partial charge >= 0.3 is 0 Å². The van der Waals surface area contributed by atoms with Crippen molar-refractivity contribution >= 4 is 24.8 Å². The fourth-order valence-corrected chi connectivity index (χ4v) is 1.82. The third-order valence-electron chi connectivity index (χ3n) is 1.80. The van der Waals surface area contributed by atoms with E-state index in [9.17, 15) is 0 Å². The summed E-state index contributed by atoms with van der Waals surface area (Å²) in [5.74, 6) is 0. The van der Waals surface area contributed by atoms with Gasteiger partial charge in [-0.15, -0.1) is 11.3 Å². The van der Waals surface area contributed by atoms with Gasteiger partial charge in [0, 0.05) is 4.88 Å². The molecule has 0 saturated heterocycles. The summed E-state index contributed by atoms with van der Waals surface area (Å²) in [4.78, 5) is 1.46. The predicted molar refractivity (Wildman–Crippen MR) is 70.9 cm³/mol. The first kappa shape index (κ1) is 13.5. The average molecular weight is 226 g/mol. The van der Waals surface area contributed by atoms with Crippen LogP contribution >= 0.6 is 24.8 Å². The van der Waals surface area contributed by atoms with Crippen LogP contribution in [0.3, 0.4) is 0 Å². The van der Waals surface area contributed by atoms with Crippen LogP contribution in [0.15, 0.2) is 41.8 Å². The topological polar surface area (TPSA) is 0 Å². The Hall–Kier alpha value is -0.470. The van der Waals surface area contributed by atoms with Crippen LogP contribution in [-0.4, -0.2) is 0 Å². The summed E-state index contributed by atoms with van der Waals surface area (Å²) in [6.45, 7) is 2.23. The second-order valence-corrected chi connectivity index (χ2v) is 3.98. The molecule has 0 N–H and O–H groups in total. The monoisotopic (exact) mass is 226 g/mol. The zero-order valence-corrected chi connectivity index (χ0v) is 10.4. The summed E-state index contributed by atoms with van der Waals surface area (Å²) in [7, 11) is 0. The highest BCUT2D eigenvalue weighted by atomic mass is 32.1. The summed E-state index contributed by atoms with van der Waals surface area (Å²) in [5, 5.41) is 2.14. The highest BCUT2D eigenvalue weighted by Crippen LogP contribution is 2.07. The van der Waals surface area contributed by atoms with Crippen LogP contribution in [0.1, 0.15) is 24.6 Å². The molecule has 0 unspecified atom stereocenters. The van der Waals surface area contributed by atoms with Crippen LogP contribution in [0.4, 0.5) is 0 Å². The van der Waals surface area contributed by atoms with E-state index < -0.39 is 0 Å². The Kier molecular flexibility index (Phi) is 8.79. The van der Waals surface area contributed by atoms with Crippen LogP contribution in [-0.2, 0) is 6.42 Å². The van der Waals surface area contributed by atoms with Gasteiger partial charge in [-0.1, -0.05) is 43.7 Å². The molecule has 0 atom stereocenters. The van der Waals surface area contributed by atoms with E-state index in [1.807, 2.05) is 11.3 Å². The SMILES string of the molecule is CCCCc1cccccccs1.S. The van der Waals surface area contributed by atoms with Crippen molar-refractivity contribution in [2.45, 2.75) is 26.2 Å². The molecule has 1 heterocycles. The molecule has 0 fully saturated rings. The maximum absolute atomic E-state index is 2.23. The van der Waals surface area contributed by atoms with Gasteiger partial charge in [-0.2, -0.15) is 13.5 Å². The lowest BCUT2D eigenvalue weighted by atomic mass is 10.2. The molecule has 1 aromatic heterocycles. The molecule has 0 aliphatic carbocycles. The third-order valence-corrected chi connectivity index (χ3v) is 2.74. The maximum atomic E-state index is 2.23. The molecule has 0 amide bonds. The van der Waals surface area contributed by atoms with E-state index >= 15 is 0 Å². The predicted octanol–water partition coefficient (Wildman–Crippen LogP) is 4.33. The van der Waals surface area contributed by atoms with Gasteiger partial charge < -0.3 is 0 Å². The van der Waals surface area contributed by atoms with Crippen LogP contribution in [0.5, 0.6) is 0 Å². The van der Waals surface area contributed by atoms with Crippen molar-refractivity contribution in [1.82, 2.24) is 0 Å². The zero-order valence-electron chi connectivity index (χ0n) is 8.57. The second-order valence-electron chi connectivity index (χ2n) is 2.95. The first-order chi connectivity index (χ1) is 6.43. The molecule has 1 rings (SSSR count). The number of hydrogen-bond donors (Lipinski definition) is 0. The van der Waals surface area contributed by atoms with Gasteiger partial charge in [0.05, 0.1) is 0 Å². The maximum Gasteiger partial charge on any atom is 0.00449 e. The molecule has 0 spiro atoms. The lowest BCUT2D eigenvalue weighted by Crippen LogP contribution is -1.77. The number of aryl methyl sites for hydroxylation is 1. The molecule has 0 bridgehead atoms. The minimum absolute atomic E-state index is 0. The second kappa shape index (κ2) is 9.10. The summed E-state index contributed by atoms with van der Waals surface area (Å²) < 4.78 is 0. The molecule has 0 aliphatic heterocycles. The number of unbranched alkanes of at least 4 members (excludes halogenated alkanes) is 1. The summed E-state index contributed by atoms with van der Waals surface area (Å²) in [6.07, 6.45) is 3.76. The Morgan fingerprint density at radius 2 is 1.79 bits per heavy atom. The van der Waals surface area contributed by atoms with Crippen molar-refractivity contribution in [1.29, 1.82) is 0 Å². The highest BCUT2D eigenvalue weighted by molar-refractivity contribution is 7.59. The van der Waals surface area contributed by atoms with Crippen molar-refractivity contribution in [3.05, 3.63) is 46.7 Å².